The second-order valence-electron chi connectivity index (χ2n) is 3.58. The fourth-order valence-electron chi connectivity index (χ4n) is 1.84. The summed E-state index contributed by atoms with van der Waals surface area (Å²) in [6.45, 7) is 2.46. The Kier molecular flexibility index (Phi) is 3.23. The Morgan fingerprint density at radius 2 is 2.27 bits per heavy atom. The Balaban J connectivity index is 2.33. The number of H-pyrrole nitrogens is 2. The minimum Gasteiger partial charge on any atom is -0.334 e. The average molecular weight is 246 g/mol. The molecule has 0 amide bonds. The summed E-state index contributed by atoms with van der Waals surface area (Å²) in [7, 11) is 0. The van der Waals surface area contributed by atoms with Crippen LogP contribution >= 0.6 is 23.8 Å². The number of halogens is 1. The van der Waals surface area contributed by atoms with Crippen LogP contribution in [0, 0.1) is 4.77 Å². The van der Waals surface area contributed by atoms with E-state index in [1.807, 2.05) is 0 Å². The fraction of sp³-hybridized carbons (Fsp3) is 0.556. The van der Waals surface area contributed by atoms with Crippen molar-refractivity contribution < 1.29 is 0 Å². The third kappa shape index (κ3) is 2.30. The van der Waals surface area contributed by atoms with Gasteiger partial charge in [0, 0.05) is 36.8 Å². The van der Waals surface area contributed by atoms with Crippen LogP contribution in [0.1, 0.15) is 11.3 Å². The summed E-state index contributed by atoms with van der Waals surface area (Å²) in [4.78, 5) is 19.4. The largest absolute Gasteiger partial charge is 0.334 e. The van der Waals surface area contributed by atoms with Crippen molar-refractivity contribution in [3.8, 4) is 0 Å². The van der Waals surface area contributed by atoms with E-state index in [-0.39, 0.29) is 5.56 Å². The molecule has 82 valence electrons. The van der Waals surface area contributed by atoms with Crippen molar-refractivity contribution in [3.63, 3.8) is 0 Å². The quantitative estimate of drug-likeness (QED) is 0.605. The normalized spacial score (nSPS) is 16.3. The van der Waals surface area contributed by atoms with Gasteiger partial charge in [-0.3, -0.25) is 14.7 Å². The maximum absolute atomic E-state index is 11.6. The Morgan fingerprint density at radius 1 is 1.47 bits per heavy atom. The lowest BCUT2D eigenvalue weighted by atomic mass is 10.1. The molecule has 2 N–H and O–H groups in total. The van der Waals surface area contributed by atoms with Crippen LogP contribution in [0.25, 0.3) is 0 Å². The Morgan fingerprint density at radius 3 is 3.00 bits per heavy atom. The van der Waals surface area contributed by atoms with E-state index in [1.54, 1.807) is 0 Å². The van der Waals surface area contributed by atoms with Crippen LogP contribution in [0.3, 0.4) is 0 Å². The molecular formula is C9H12ClN3OS. The highest BCUT2D eigenvalue weighted by Gasteiger charge is 2.18. The van der Waals surface area contributed by atoms with Gasteiger partial charge in [-0.05, 0) is 18.6 Å². The molecule has 0 fully saturated rings. The molecule has 1 aromatic rings. The smallest absolute Gasteiger partial charge is 0.255 e. The maximum Gasteiger partial charge on any atom is 0.255 e. The van der Waals surface area contributed by atoms with E-state index in [4.69, 9.17) is 23.8 Å². The number of aromatic amines is 2. The van der Waals surface area contributed by atoms with Crippen molar-refractivity contribution in [2.24, 2.45) is 0 Å². The van der Waals surface area contributed by atoms with E-state index in [2.05, 4.69) is 14.9 Å². The summed E-state index contributed by atoms with van der Waals surface area (Å²) in [6, 6.07) is 0. The van der Waals surface area contributed by atoms with Gasteiger partial charge in [-0.15, -0.1) is 11.6 Å². The number of rotatable bonds is 2. The Bertz CT molecular complexity index is 467. The highest BCUT2D eigenvalue weighted by molar-refractivity contribution is 7.71. The van der Waals surface area contributed by atoms with E-state index in [1.165, 1.54) is 0 Å². The molecule has 0 radical (unpaired) electrons. The van der Waals surface area contributed by atoms with E-state index in [0.717, 1.165) is 37.3 Å². The predicted octanol–water partition coefficient (Wildman–Crippen LogP) is 1.03. The summed E-state index contributed by atoms with van der Waals surface area (Å²) in [6.07, 6.45) is 0.758. The van der Waals surface area contributed by atoms with Gasteiger partial charge in [0.2, 0.25) is 0 Å². The number of nitrogens with one attached hydrogen (secondary N) is 2. The molecule has 6 heteroatoms. The highest BCUT2D eigenvalue weighted by atomic mass is 35.5. The van der Waals surface area contributed by atoms with Gasteiger partial charge in [0.1, 0.15) is 0 Å². The number of alkyl halides is 1. The van der Waals surface area contributed by atoms with Gasteiger partial charge >= 0.3 is 0 Å². The molecule has 1 aliphatic heterocycles. The first-order valence-electron chi connectivity index (χ1n) is 4.83. The van der Waals surface area contributed by atoms with Crippen molar-refractivity contribution in [1.29, 1.82) is 0 Å². The Labute approximate surface area is 97.3 Å². The zero-order valence-electron chi connectivity index (χ0n) is 8.18. The van der Waals surface area contributed by atoms with Gasteiger partial charge in [-0.25, -0.2) is 0 Å². The van der Waals surface area contributed by atoms with Crippen LogP contribution in [0.5, 0.6) is 0 Å². The molecule has 0 saturated heterocycles. The number of hydrogen-bond acceptors (Lipinski definition) is 3. The zero-order chi connectivity index (χ0) is 10.8. The molecular weight excluding hydrogens is 234 g/mol. The number of fused-ring (bicyclic) bond motifs is 1. The van der Waals surface area contributed by atoms with Crippen LogP contribution in [-0.2, 0) is 13.0 Å². The zero-order valence-corrected chi connectivity index (χ0v) is 9.75. The second kappa shape index (κ2) is 4.47. The van der Waals surface area contributed by atoms with Gasteiger partial charge in [0.15, 0.2) is 4.77 Å². The molecule has 0 unspecified atom stereocenters. The van der Waals surface area contributed by atoms with Crippen LogP contribution in [0.4, 0.5) is 0 Å². The van der Waals surface area contributed by atoms with E-state index >= 15 is 0 Å². The summed E-state index contributed by atoms with van der Waals surface area (Å²) in [5, 5.41) is 0. The lowest BCUT2D eigenvalue weighted by Gasteiger charge is -2.26. The van der Waals surface area contributed by atoms with E-state index in [0.29, 0.717) is 10.7 Å². The molecule has 1 aliphatic rings. The van der Waals surface area contributed by atoms with Gasteiger partial charge < -0.3 is 4.98 Å². The monoisotopic (exact) mass is 245 g/mol. The molecule has 0 bridgehead atoms. The molecule has 1 aromatic heterocycles. The first kappa shape index (κ1) is 10.9. The molecule has 0 aliphatic carbocycles. The van der Waals surface area contributed by atoms with Crippen LogP contribution < -0.4 is 5.56 Å². The summed E-state index contributed by atoms with van der Waals surface area (Å²) in [5.41, 5.74) is 1.70. The fourth-order valence-corrected chi connectivity index (χ4v) is 2.30. The summed E-state index contributed by atoms with van der Waals surface area (Å²) in [5.74, 6) is 0.610. The van der Waals surface area contributed by atoms with Crippen LogP contribution in [-0.4, -0.2) is 33.8 Å². The molecule has 4 nitrogen and oxygen atoms in total. The lowest BCUT2D eigenvalue weighted by molar-refractivity contribution is 0.264. The standard InChI is InChI=1S/C9H12ClN3OS/c10-2-4-13-3-1-6-7(5-13)11-9(15)12-8(6)14/h1-5H2,(H2,11,12,14,15). The van der Waals surface area contributed by atoms with Crippen molar-refractivity contribution >= 4 is 23.8 Å². The number of nitrogens with zero attached hydrogens (tertiary/aromatic N) is 1. The number of hydrogen-bond donors (Lipinski definition) is 2. The van der Waals surface area contributed by atoms with Crippen molar-refractivity contribution in [1.82, 2.24) is 14.9 Å². The molecule has 0 saturated carbocycles. The van der Waals surface area contributed by atoms with Gasteiger partial charge in [-0.1, -0.05) is 0 Å². The third-order valence-corrected chi connectivity index (χ3v) is 2.96. The van der Waals surface area contributed by atoms with Crippen molar-refractivity contribution in [2.75, 3.05) is 19.0 Å². The molecule has 2 heterocycles. The topological polar surface area (TPSA) is 51.9 Å². The third-order valence-electron chi connectivity index (χ3n) is 2.59. The van der Waals surface area contributed by atoms with Gasteiger partial charge in [-0.2, -0.15) is 0 Å². The van der Waals surface area contributed by atoms with Crippen LogP contribution in [0.2, 0.25) is 0 Å². The summed E-state index contributed by atoms with van der Waals surface area (Å²) < 4.78 is 0.395. The average Bonchev–Trinajstić information content (AvgIpc) is 2.17. The van der Waals surface area contributed by atoms with Crippen LogP contribution in [0.15, 0.2) is 4.79 Å². The van der Waals surface area contributed by atoms with E-state index < -0.39 is 0 Å². The van der Waals surface area contributed by atoms with E-state index in [9.17, 15) is 4.79 Å². The SMILES string of the molecule is O=c1[nH]c(=S)[nH]c2c1CCN(CCCl)C2. The molecule has 0 atom stereocenters. The molecule has 2 rings (SSSR count). The Hall–Kier alpha value is -0.650. The molecule has 15 heavy (non-hydrogen) atoms. The lowest BCUT2D eigenvalue weighted by Crippen LogP contribution is -2.36. The predicted molar refractivity (Wildman–Crippen MR) is 61.9 cm³/mol. The molecule has 0 aromatic carbocycles. The maximum atomic E-state index is 11.6. The second-order valence-corrected chi connectivity index (χ2v) is 4.37. The highest BCUT2D eigenvalue weighted by Crippen LogP contribution is 2.12. The minimum absolute atomic E-state index is 0.0562. The number of aromatic nitrogens is 2. The summed E-state index contributed by atoms with van der Waals surface area (Å²) >= 11 is 10.6. The molecule has 0 spiro atoms. The van der Waals surface area contributed by atoms with Crippen molar-refractivity contribution in [3.05, 3.63) is 26.4 Å². The van der Waals surface area contributed by atoms with Crippen molar-refractivity contribution in [2.45, 2.75) is 13.0 Å². The van der Waals surface area contributed by atoms with Gasteiger partial charge in [0.05, 0.1) is 0 Å². The first-order valence-corrected chi connectivity index (χ1v) is 5.77. The minimum atomic E-state index is -0.0562. The first-order chi connectivity index (χ1) is 7.20. The van der Waals surface area contributed by atoms with Gasteiger partial charge in [0.25, 0.3) is 5.56 Å².